The second-order valence-corrected chi connectivity index (χ2v) is 5.14. The van der Waals surface area contributed by atoms with Gasteiger partial charge in [-0.25, -0.2) is 4.79 Å². The molecule has 0 unspecified atom stereocenters. The van der Waals surface area contributed by atoms with E-state index in [4.69, 9.17) is 4.74 Å². The molecule has 2 N–H and O–H groups in total. The van der Waals surface area contributed by atoms with Crippen molar-refractivity contribution in [2.75, 3.05) is 11.9 Å². The summed E-state index contributed by atoms with van der Waals surface area (Å²) in [6, 6.07) is 2.96. The van der Waals surface area contributed by atoms with E-state index >= 15 is 0 Å². The molecule has 1 aromatic carbocycles. The highest BCUT2D eigenvalue weighted by Crippen LogP contribution is 2.42. The number of nitrogens with one attached hydrogen (secondary N) is 2. The quantitative estimate of drug-likeness (QED) is 0.784. The molecule has 0 aromatic heterocycles. The molecule has 2 heterocycles. The zero-order chi connectivity index (χ0) is 17.3. The molecular weight excluding hydrogens is 330 g/mol. The molecule has 0 radical (unpaired) electrons. The highest BCUT2D eigenvalue weighted by atomic mass is 19.3. The molecule has 1 saturated heterocycles. The predicted octanol–water partition coefficient (Wildman–Crippen LogP) is 0.768. The number of halogens is 2. The molecule has 1 atom stereocenters. The van der Waals surface area contributed by atoms with Gasteiger partial charge in [0.05, 0.1) is 0 Å². The Kier molecular flexibility index (Phi) is 3.96. The minimum atomic E-state index is -3.74. The van der Waals surface area contributed by atoms with E-state index in [-0.39, 0.29) is 29.5 Å². The maximum atomic E-state index is 12.9. The van der Waals surface area contributed by atoms with Crippen LogP contribution in [-0.4, -0.2) is 36.7 Å². The van der Waals surface area contributed by atoms with Crippen molar-refractivity contribution in [2.24, 2.45) is 0 Å². The van der Waals surface area contributed by atoms with Crippen LogP contribution in [0.25, 0.3) is 0 Å². The van der Waals surface area contributed by atoms with Gasteiger partial charge in [-0.05, 0) is 18.6 Å². The number of carbonyl (C=O) groups excluding carboxylic acids is 3. The van der Waals surface area contributed by atoms with Crippen LogP contribution >= 0.6 is 0 Å². The Balaban J connectivity index is 1.51. The molecule has 0 aliphatic carbocycles. The van der Waals surface area contributed by atoms with Crippen LogP contribution in [0, 0.1) is 0 Å². The first-order chi connectivity index (χ1) is 11.3. The van der Waals surface area contributed by atoms with E-state index in [9.17, 15) is 23.2 Å². The minimum Gasteiger partial charge on any atom is -0.454 e. The number of hydrogen-bond acceptors (Lipinski definition) is 6. The van der Waals surface area contributed by atoms with Gasteiger partial charge in [-0.1, -0.05) is 0 Å². The van der Waals surface area contributed by atoms with Gasteiger partial charge in [0.1, 0.15) is 6.04 Å². The summed E-state index contributed by atoms with van der Waals surface area (Å²) in [6.45, 7) is -0.574. The fraction of sp³-hybridized carbons (Fsp3) is 0.357. The number of anilines is 1. The largest absolute Gasteiger partial charge is 0.586 e. The number of ether oxygens (including phenoxy) is 3. The Morgan fingerprint density at radius 3 is 2.79 bits per heavy atom. The number of fused-ring (bicyclic) bond motifs is 1. The van der Waals surface area contributed by atoms with E-state index in [1.54, 1.807) is 0 Å². The van der Waals surface area contributed by atoms with Crippen molar-refractivity contribution >= 4 is 23.5 Å². The van der Waals surface area contributed by atoms with Crippen molar-refractivity contribution < 1.29 is 37.4 Å². The molecule has 2 amide bonds. The van der Waals surface area contributed by atoms with Gasteiger partial charge in [-0.2, -0.15) is 0 Å². The van der Waals surface area contributed by atoms with Crippen LogP contribution in [0.3, 0.4) is 0 Å². The minimum absolute atomic E-state index is 0.151. The van der Waals surface area contributed by atoms with E-state index in [0.29, 0.717) is 6.42 Å². The van der Waals surface area contributed by atoms with Crippen molar-refractivity contribution in [2.45, 2.75) is 25.2 Å². The molecule has 1 aromatic rings. The number of esters is 1. The number of hydrogen-bond donors (Lipinski definition) is 2. The smallest absolute Gasteiger partial charge is 0.454 e. The topological polar surface area (TPSA) is 103 Å². The molecule has 3 rings (SSSR count). The first-order valence-corrected chi connectivity index (χ1v) is 6.98. The summed E-state index contributed by atoms with van der Waals surface area (Å²) < 4.78 is 39.1. The molecule has 2 aliphatic heterocycles. The predicted molar refractivity (Wildman–Crippen MR) is 73.4 cm³/mol. The zero-order valence-electron chi connectivity index (χ0n) is 12.1. The summed E-state index contributed by atoms with van der Waals surface area (Å²) in [5, 5.41) is 4.79. The van der Waals surface area contributed by atoms with Gasteiger partial charge in [0.2, 0.25) is 5.91 Å². The van der Waals surface area contributed by atoms with E-state index in [1.807, 2.05) is 0 Å². The lowest BCUT2D eigenvalue weighted by Gasteiger charge is -2.10. The molecular formula is C14H12F2N2O6. The molecule has 1 fully saturated rings. The van der Waals surface area contributed by atoms with Crippen LogP contribution in [0.5, 0.6) is 11.5 Å². The maximum absolute atomic E-state index is 12.9. The van der Waals surface area contributed by atoms with Crippen LogP contribution in [0.2, 0.25) is 0 Å². The van der Waals surface area contributed by atoms with Crippen molar-refractivity contribution in [3.8, 4) is 11.5 Å². The maximum Gasteiger partial charge on any atom is 0.586 e. The van der Waals surface area contributed by atoms with Crippen molar-refractivity contribution in [3.05, 3.63) is 18.2 Å². The van der Waals surface area contributed by atoms with Gasteiger partial charge < -0.3 is 24.8 Å². The summed E-state index contributed by atoms with van der Waals surface area (Å²) >= 11 is 0. The number of benzene rings is 1. The average molecular weight is 342 g/mol. The Morgan fingerprint density at radius 2 is 2.08 bits per heavy atom. The Labute approximate surface area is 134 Å². The first kappa shape index (κ1) is 16.0. The van der Waals surface area contributed by atoms with Gasteiger partial charge in [0.25, 0.3) is 5.91 Å². The first-order valence-electron chi connectivity index (χ1n) is 6.98. The van der Waals surface area contributed by atoms with Gasteiger partial charge in [0, 0.05) is 18.2 Å². The number of amides is 2. The van der Waals surface area contributed by atoms with E-state index in [0.717, 1.165) is 6.07 Å². The van der Waals surface area contributed by atoms with Crippen LogP contribution < -0.4 is 20.1 Å². The van der Waals surface area contributed by atoms with Crippen LogP contribution in [0.15, 0.2) is 18.2 Å². The third-order valence-corrected chi connectivity index (χ3v) is 3.31. The van der Waals surface area contributed by atoms with Gasteiger partial charge in [0.15, 0.2) is 18.1 Å². The molecule has 24 heavy (non-hydrogen) atoms. The molecule has 0 bridgehead atoms. The van der Waals surface area contributed by atoms with Crippen molar-refractivity contribution in [3.63, 3.8) is 0 Å². The monoisotopic (exact) mass is 342 g/mol. The van der Waals surface area contributed by atoms with Crippen LogP contribution in [0.1, 0.15) is 12.8 Å². The van der Waals surface area contributed by atoms with Crippen LogP contribution in [-0.2, 0) is 19.1 Å². The highest BCUT2D eigenvalue weighted by molar-refractivity contribution is 5.94. The third-order valence-electron chi connectivity index (χ3n) is 3.31. The lowest BCUT2D eigenvalue weighted by molar-refractivity contribution is -0.286. The summed E-state index contributed by atoms with van der Waals surface area (Å²) in [4.78, 5) is 34.4. The summed E-state index contributed by atoms with van der Waals surface area (Å²) in [5.41, 5.74) is 0.172. The normalized spacial score (nSPS) is 20.4. The van der Waals surface area contributed by atoms with E-state index < -0.39 is 30.8 Å². The van der Waals surface area contributed by atoms with E-state index in [2.05, 4.69) is 20.1 Å². The second-order valence-electron chi connectivity index (χ2n) is 5.14. The van der Waals surface area contributed by atoms with Gasteiger partial charge in [-0.3, -0.25) is 9.59 Å². The van der Waals surface area contributed by atoms with Crippen LogP contribution in [0.4, 0.5) is 14.5 Å². The summed E-state index contributed by atoms with van der Waals surface area (Å²) in [6.07, 6.45) is -3.20. The Bertz CT molecular complexity index is 709. The molecule has 8 nitrogen and oxygen atoms in total. The van der Waals surface area contributed by atoms with Crippen molar-refractivity contribution in [1.82, 2.24) is 5.32 Å². The summed E-state index contributed by atoms with van der Waals surface area (Å²) in [7, 11) is 0. The lowest BCUT2D eigenvalue weighted by Crippen LogP contribution is -2.36. The van der Waals surface area contributed by atoms with Gasteiger partial charge in [-0.15, -0.1) is 8.78 Å². The lowest BCUT2D eigenvalue weighted by atomic mass is 10.2. The van der Waals surface area contributed by atoms with Crippen molar-refractivity contribution in [1.29, 1.82) is 0 Å². The Morgan fingerprint density at radius 1 is 1.33 bits per heavy atom. The fourth-order valence-corrected chi connectivity index (χ4v) is 2.25. The molecule has 2 aliphatic rings. The second kappa shape index (κ2) is 5.95. The summed E-state index contributed by atoms with van der Waals surface area (Å²) in [5.74, 6) is -2.00. The number of carbonyl (C=O) groups is 3. The number of rotatable bonds is 4. The molecule has 10 heteroatoms. The number of alkyl halides is 2. The zero-order valence-corrected chi connectivity index (χ0v) is 12.1. The Hall–Kier alpha value is -2.91. The standard InChI is InChI=1S/C14H12F2N2O6/c15-14(16)23-9-3-1-7(5-10(9)24-14)17-12(20)6-22-13(21)8-2-4-11(19)18-8/h1,3,5,8H,2,4,6H2,(H,17,20)(H,18,19)/t8-/m1/s1. The van der Waals surface area contributed by atoms with Gasteiger partial charge >= 0.3 is 12.3 Å². The molecule has 128 valence electrons. The third kappa shape index (κ3) is 3.53. The SMILES string of the molecule is O=C(COC(=O)[C@H]1CCC(=O)N1)Nc1ccc2c(c1)OC(F)(F)O2. The average Bonchev–Trinajstić information content (AvgIpc) is 3.06. The fourth-order valence-electron chi connectivity index (χ4n) is 2.25. The molecule has 0 spiro atoms. The van der Waals surface area contributed by atoms with E-state index in [1.165, 1.54) is 12.1 Å². The highest BCUT2D eigenvalue weighted by Gasteiger charge is 2.43. The molecule has 0 saturated carbocycles.